The first-order valence-corrected chi connectivity index (χ1v) is 6.57. The molecule has 0 saturated carbocycles. The van der Waals surface area contributed by atoms with Crippen LogP contribution in [0, 0.1) is 16.0 Å². The lowest BCUT2D eigenvalue weighted by Gasteiger charge is -2.27. The standard InChI is InChI=1S/C14H18N2O3/c1-10-6-7-15-12(8-10)9-14(17)11-2-4-13(5-3-11)16(18)19/h2-5,10,12,15H,6-9H2,1H3. The third-order valence-corrected chi connectivity index (χ3v) is 3.59. The number of ketones is 1. The Hall–Kier alpha value is -1.75. The van der Waals surface area contributed by atoms with Crippen molar-refractivity contribution in [2.45, 2.75) is 32.2 Å². The monoisotopic (exact) mass is 262 g/mol. The first-order valence-electron chi connectivity index (χ1n) is 6.57. The van der Waals surface area contributed by atoms with Crippen LogP contribution in [-0.4, -0.2) is 23.3 Å². The van der Waals surface area contributed by atoms with Gasteiger partial charge in [-0.3, -0.25) is 14.9 Å². The van der Waals surface area contributed by atoms with Crippen LogP contribution < -0.4 is 5.32 Å². The van der Waals surface area contributed by atoms with Crippen molar-refractivity contribution >= 4 is 11.5 Å². The molecule has 0 radical (unpaired) electrons. The molecule has 1 fully saturated rings. The molecule has 1 aromatic rings. The molecule has 0 bridgehead atoms. The van der Waals surface area contributed by atoms with Crippen molar-refractivity contribution < 1.29 is 9.72 Å². The van der Waals surface area contributed by atoms with Crippen molar-refractivity contribution in [3.05, 3.63) is 39.9 Å². The summed E-state index contributed by atoms with van der Waals surface area (Å²) in [5.41, 5.74) is 0.562. The minimum absolute atomic E-state index is 0.0148. The van der Waals surface area contributed by atoms with Gasteiger partial charge in [0, 0.05) is 30.2 Å². The van der Waals surface area contributed by atoms with Crippen LogP contribution in [0.4, 0.5) is 5.69 Å². The highest BCUT2D eigenvalue weighted by atomic mass is 16.6. The molecule has 5 nitrogen and oxygen atoms in total. The molecule has 2 unspecified atom stereocenters. The molecule has 1 aliphatic heterocycles. The summed E-state index contributed by atoms with van der Waals surface area (Å²) in [6, 6.07) is 6.06. The summed E-state index contributed by atoms with van der Waals surface area (Å²) in [5, 5.41) is 13.9. The predicted molar refractivity (Wildman–Crippen MR) is 72.2 cm³/mol. The van der Waals surface area contributed by atoms with Gasteiger partial charge >= 0.3 is 0 Å². The number of hydrogen-bond acceptors (Lipinski definition) is 4. The number of nitrogens with one attached hydrogen (secondary N) is 1. The van der Waals surface area contributed by atoms with E-state index in [1.54, 1.807) is 0 Å². The van der Waals surface area contributed by atoms with Gasteiger partial charge in [-0.15, -0.1) is 0 Å². The molecule has 0 aliphatic carbocycles. The first kappa shape index (κ1) is 13.7. The van der Waals surface area contributed by atoms with E-state index in [2.05, 4.69) is 12.2 Å². The fourth-order valence-electron chi connectivity index (χ4n) is 2.49. The molecule has 2 rings (SSSR count). The third kappa shape index (κ3) is 3.61. The molecule has 19 heavy (non-hydrogen) atoms. The van der Waals surface area contributed by atoms with E-state index in [0.717, 1.165) is 19.4 Å². The zero-order valence-electron chi connectivity index (χ0n) is 11.0. The van der Waals surface area contributed by atoms with Gasteiger partial charge in [-0.05, 0) is 37.4 Å². The SMILES string of the molecule is CC1CCNC(CC(=O)c2ccc([N+](=O)[O-])cc2)C1. The van der Waals surface area contributed by atoms with Gasteiger partial charge in [0.2, 0.25) is 0 Å². The molecule has 1 aromatic carbocycles. The van der Waals surface area contributed by atoms with Crippen LogP contribution in [0.15, 0.2) is 24.3 Å². The van der Waals surface area contributed by atoms with Crippen molar-refractivity contribution in [1.82, 2.24) is 5.32 Å². The summed E-state index contributed by atoms with van der Waals surface area (Å²) in [6.07, 6.45) is 2.63. The summed E-state index contributed by atoms with van der Waals surface area (Å²) in [5.74, 6) is 0.692. The van der Waals surface area contributed by atoms with E-state index in [0.29, 0.717) is 17.9 Å². The molecule has 2 atom stereocenters. The quantitative estimate of drug-likeness (QED) is 0.514. The zero-order chi connectivity index (χ0) is 13.8. The number of piperidine rings is 1. The zero-order valence-corrected chi connectivity index (χ0v) is 11.0. The topological polar surface area (TPSA) is 72.2 Å². The van der Waals surface area contributed by atoms with Crippen molar-refractivity contribution in [3.63, 3.8) is 0 Å². The molecule has 0 aromatic heterocycles. The molecule has 1 heterocycles. The van der Waals surface area contributed by atoms with E-state index >= 15 is 0 Å². The number of non-ortho nitro benzene ring substituents is 1. The third-order valence-electron chi connectivity index (χ3n) is 3.59. The minimum atomic E-state index is -0.460. The maximum Gasteiger partial charge on any atom is 0.269 e. The van der Waals surface area contributed by atoms with Crippen LogP contribution in [0.3, 0.4) is 0 Å². The fourth-order valence-corrected chi connectivity index (χ4v) is 2.49. The van der Waals surface area contributed by atoms with E-state index in [9.17, 15) is 14.9 Å². The highest BCUT2D eigenvalue weighted by molar-refractivity contribution is 5.96. The lowest BCUT2D eigenvalue weighted by Crippen LogP contribution is -2.38. The Labute approximate surface area is 112 Å². The molecule has 0 spiro atoms. The average molecular weight is 262 g/mol. The number of Topliss-reactive ketones (excluding diaryl/α,β-unsaturated/α-hetero) is 1. The Kier molecular flexibility index (Phi) is 4.27. The smallest absolute Gasteiger partial charge is 0.269 e. The summed E-state index contributed by atoms with van der Waals surface area (Å²) < 4.78 is 0. The van der Waals surface area contributed by atoms with Crippen LogP contribution in [-0.2, 0) is 0 Å². The van der Waals surface area contributed by atoms with Gasteiger partial charge in [0.05, 0.1) is 4.92 Å². The largest absolute Gasteiger partial charge is 0.314 e. The Morgan fingerprint density at radius 2 is 2.11 bits per heavy atom. The van der Waals surface area contributed by atoms with Crippen LogP contribution in [0.1, 0.15) is 36.5 Å². The number of rotatable bonds is 4. The number of nitro benzene ring substituents is 1. The summed E-state index contributed by atoms with van der Waals surface area (Å²) in [4.78, 5) is 22.2. The van der Waals surface area contributed by atoms with Crippen LogP contribution in [0.2, 0.25) is 0 Å². The van der Waals surface area contributed by atoms with E-state index in [4.69, 9.17) is 0 Å². The molecule has 5 heteroatoms. The number of carbonyl (C=O) groups is 1. The Morgan fingerprint density at radius 3 is 2.68 bits per heavy atom. The first-order chi connectivity index (χ1) is 9.06. The van der Waals surface area contributed by atoms with E-state index in [1.807, 2.05) is 0 Å². The molecule has 102 valence electrons. The number of carbonyl (C=O) groups excluding carboxylic acids is 1. The highest BCUT2D eigenvalue weighted by Gasteiger charge is 2.21. The van der Waals surface area contributed by atoms with E-state index < -0.39 is 4.92 Å². The summed E-state index contributed by atoms with van der Waals surface area (Å²) >= 11 is 0. The Balaban J connectivity index is 1.97. The van der Waals surface area contributed by atoms with Crippen LogP contribution in [0.25, 0.3) is 0 Å². The maximum absolute atomic E-state index is 12.1. The number of nitrogens with zero attached hydrogens (tertiary/aromatic N) is 1. The van der Waals surface area contributed by atoms with Gasteiger partial charge in [-0.25, -0.2) is 0 Å². The highest BCUT2D eigenvalue weighted by Crippen LogP contribution is 2.19. The molecular formula is C14H18N2O3. The summed E-state index contributed by atoms with van der Waals surface area (Å²) in [6.45, 7) is 3.16. The predicted octanol–water partition coefficient (Wildman–Crippen LogP) is 2.56. The van der Waals surface area contributed by atoms with Crippen molar-refractivity contribution in [1.29, 1.82) is 0 Å². The lowest BCUT2D eigenvalue weighted by molar-refractivity contribution is -0.384. The molecule has 1 saturated heterocycles. The van der Waals surface area contributed by atoms with Crippen LogP contribution >= 0.6 is 0 Å². The fraction of sp³-hybridized carbons (Fsp3) is 0.500. The van der Waals surface area contributed by atoms with Crippen molar-refractivity contribution in [2.24, 2.45) is 5.92 Å². The van der Waals surface area contributed by atoms with Gasteiger partial charge < -0.3 is 5.32 Å². The number of benzene rings is 1. The second kappa shape index (κ2) is 5.93. The van der Waals surface area contributed by atoms with Crippen molar-refractivity contribution in [3.8, 4) is 0 Å². The molecular weight excluding hydrogens is 244 g/mol. The van der Waals surface area contributed by atoms with E-state index in [-0.39, 0.29) is 17.5 Å². The van der Waals surface area contributed by atoms with Gasteiger partial charge in [0.1, 0.15) is 0 Å². The summed E-state index contributed by atoms with van der Waals surface area (Å²) in [7, 11) is 0. The normalized spacial score (nSPS) is 23.0. The molecule has 1 N–H and O–H groups in total. The lowest BCUT2D eigenvalue weighted by atomic mass is 9.90. The molecule has 1 aliphatic rings. The Morgan fingerprint density at radius 1 is 1.42 bits per heavy atom. The van der Waals surface area contributed by atoms with Gasteiger partial charge in [0.15, 0.2) is 5.78 Å². The minimum Gasteiger partial charge on any atom is -0.314 e. The van der Waals surface area contributed by atoms with Crippen molar-refractivity contribution in [2.75, 3.05) is 6.54 Å². The number of nitro groups is 1. The maximum atomic E-state index is 12.1. The molecule has 0 amide bonds. The average Bonchev–Trinajstić information content (AvgIpc) is 2.39. The second-order valence-corrected chi connectivity index (χ2v) is 5.21. The van der Waals surface area contributed by atoms with Gasteiger partial charge in [-0.2, -0.15) is 0 Å². The van der Waals surface area contributed by atoms with Crippen LogP contribution in [0.5, 0.6) is 0 Å². The number of hydrogen-bond donors (Lipinski definition) is 1. The second-order valence-electron chi connectivity index (χ2n) is 5.21. The van der Waals surface area contributed by atoms with Gasteiger partial charge in [-0.1, -0.05) is 6.92 Å². The van der Waals surface area contributed by atoms with E-state index in [1.165, 1.54) is 24.3 Å². The Bertz CT molecular complexity index is 470. The van der Waals surface area contributed by atoms with Gasteiger partial charge in [0.25, 0.3) is 5.69 Å².